The molecule has 2 heteroatoms. The van der Waals surface area contributed by atoms with E-state index in [9.17, 15) is 0 Å². The first-order valence-electron chi connectivity index (χ1n) is 20.1. The zero-order valence-electron chi connectivity index (χ0n) is 31.5. The average Bonchev–Trinajstić information content (AvgIpc) is 3.93. The Bertz CT molecular complexity index is 3500. The van der Waals surface area contributed by atoms with E-state index in [2.05, 4.69) is 211 Å². The lowest BCUT2D eigenvalue weighted by Crippen LogP contribution is -2.27. The second kappa shape index (κ2) is 11.7. The Kier molecular flexibility index (Phi) is 6.40. The van der Waals surface area contributed by atoms with Crippen LogP contribution in [0.5, 0.6) is 0 Å². The number of nitrogens with zero attached hydrogens (tertiary/aromatic N) is 2. The lowest BCUT2D eigenvalue weighted by atomic mass is 9.72. The van der Waals surface area contributed by atoms with Crippen molar-refractivity contribution in [2.75, 3.05) is 0 Å². The van der Waals surface area contributed by atoms with E-state index in [1.54, 1.807) is 0 Å². The minimum absolute atomic E-state index is 0.527. The third kappa shape index (κ3) is 4.13. The van der Waals surface area contributed by atoms with Crippen molar-refractivity contribution in [3.05, 3.63) is 229 Å². The van der Waals surface area contributed by atoms with Crippen molar-refractivity contribution < 1.29 is 0 Å². The third-order valence-corrected chi connectivity index (χ3v) is 13.0. The van der Waals surface area contributed by atoms with Gasteiger partial charge in [0, 0.05) is 0 Å². The number of aromatic nitrogens is 2. The van der Waals surface area contributed by atoms with E-state index in [0.717, 1.165) is 16.9 Å². The number of imidazole rings is 1. The number of rotatable bonds is 3. The highest BCUT2D eigenvalue weighted by molar-refractivity contribution is 6.25. The van der Waals surface area contributed by atoms with Crippen LogP contribution in [0.15, 0.2) is 206 Å². The van der Waals surface area contributed by atoms with E-state index < -0.39 is 5.41 Å². The highest BCUT2D eigenvalue weighted by Crippen LogP contribution is 2.62. The summed E-state index contributed by atoms with van der Waals surface area (Å²) in [6, 6.07) is 76.1. The summed E-state index contributed by atoms with van der Waals surface area (Å²) in [5.74, 6) is 1.07. The number of hydrogen-bond acceptors (Lipinski definition) is 1. The van der Waals surface area contributed by atoms with Gasteiger partial charge in [-0.2, -0.15) is 0 Å². The quantitative estimate of drug-likeness (QED) is 0.165. The fourth-order valence-corrected chi connectivity index (χ4v) is 10.6. The molecule has 0 amide bonds. The van der Waals surface area contributed by atoms with Crippen LogP contribution in [0, 0.1) is 0 Å². The van der Waals surface area contributed by atoms with Crippen LogP contribution in [0.25, 0.3) is 93.5 Å². The highest BCUT2D eigenvalue weighted by atomic mass is 15.1. The van der Waals surface area contributed by atoms with Crippen molar-refractivity contribution in [1.29, 1.82) is 0 Å². The molecule has 1 atom stereocenters. The Morgan fingerprint density at radius 3 is 1.62 bits per heavy atom. The van der Waals surface area contributed by atoms with Gasteiger partial charge in [0.1, 0.15) is 11.2 Å². The van der Waals surface area contributed by atoms with E-state index in [-0.39, 0.29) is 0 Å². The molecule has 2 nitrogen and oxygen atoms in total. The molecule has 0 fully saturated rings. The summed E-state index contributed by atoms with van der Waals surface area (Å²) < 4.78 is 2.40. The minimum Gasteiger partial charge on any atom is -0.295 e. The number of fused-ring (bicyclic) bond motifs is 18. The van der Waals surface area contributed by atoms with E-state index >= 15 is 0 Å². The van der Waals surface area contributed by atoms with Crippen molar-refractivity contribution in [1.82, 2.24) is 9.55 Å². The monoisotopic (exact) mass is 734 g/mol. The van der Waals surface area contributed by atoms with E-state index in [1.807, 2.05) is 0 Å². The summed E-state index contributed by atoms with van der Waals surface area (Å²) in [4.78, 5) is 5.44. The lowest BCUT2D eigenvalue weighted by Gasteiger charge is -2.27. The molecule has 2 aliphatic rings. The van der Waals surface area contributed by atoms with Gasteiger partial charge in [0.25, 0.3) is 0 Å². The number of benzene rings is 10. The zero-order chi connectivity index (χ0) is 38.0. The molecule has 1 aliphatic heterocycles. The molecule has 1 aliphatic carbocycles. The Morgan fingerprint density at radius 2 is 0.862 bits per heavy atom. The van der Waals surface area contributed by atoms with Gasteiger partial charge < -0.3 is 0 Å². The molecule has 0 saturated carbocycles. The normalized spacial score (nSPS) is 15.0. The van der Waals surface area contributed by atoms with Crippen LogP contribution in [-0.4, -0.2) is 9.55 Å². The summed E-state index contributed by atoms with van der Waals surface area (Å²) in [6.45, 7) is 0. The molecule has 13 rings (SSSR count). The van der Waals surface area contributed by atoms with E-state index in [1.165, 1.54) is 99.2 Å². The minimum atomic E-state index is -0.527. The molecule has 1 aromatic heterocycles. The first-order chi connectivity index (χ1) is 28.8. The smallest absolute Gasteiger partial charge is 0.134 e. The van der Waals surface area contributed by atoms with Crippen molar-refractivity contribution >= 4 is 43.4 Å². The van der Waals surface area contributed by atoms with Crippen LogP contribution in [-0.2, 0) is 5.41 Å². The molecule has 58 heavy (non-hydrogen) atoms. The van der Waals surface area contributed by atoms with Gasteiger partial charge in [0.2, 0.25) is 0 Å². The predicted octanol–water partition coefficient (Wildman–Crippen LogP) is 14.2. The average molecular weight is 735 g/mol. The highest BCUT2D eigenvalue weighted by Gasteiger charge is 2.54. The summed E-state index contributed by atoms with van der Waals surface area (Å²) in [5.41, 5.74) is 16.5. The van der Waals surface area contributed by atoms with Crippen LogP contribution in [0.3, 0.4) is 0 Å². The summed E-state index contributed by atoms with van der Waals surface area (Å²) >= 11 is 0. The molecule has 2 heterocycles. The Morgan fingerprint density at radius 1 is 0.345 bits per heavy atom. The van der Waals surface area contributed by atoms with Gasteiger partial charge in [-0.3, -0.25) is 4.57 Å². The molecule has 10 aromatic carbocycles. The van der Waals surface area contributed by atoms with Gasteiger partial charge in [-0.05, 0) is 130 Å². The van der Waals surface area contributed by atoms with Crippen molar-refractivity contribution in [3.63, 3.8) is 0 Å². The van der Waals surface area contributed by atoms with Crippen LogP contribution in [0.4, 0.5) is 0 Å². The Labute approximate surface area is 335 Å². The second-order valence-electron chi connectivity index (χ2n) is 15.8. The first kappa shape index (κ1) is 31.6. The van der Waals surface area contributed by atoms with Gasteiger partial charge in [-0.15, -0.1) is 0 Å². The number of hydrogen-bond donors (Lipinski definition) is 0. The maximum Gasteiger partial charge on any atom is 0.134 e. The molecular weight excluding hydrogens is 701 g/mol. The first-order valence-corrected chi connectivity index (χ1v) is 20.1. The maximum absolute atomic E-state index is 5.44. The van der Waals surface area contributed by atoms with Crippen LogP contribution in [0.2, 0.25) is 0 Å². The van der Waals surface area contributed by atoms with Gasteiger partial charge in [-0.1, -0.05) is 170 Å². The van der Waals surface area contributed by atoms with E-state index in [4.69, 9.17) is 4.98 Å². The fourth-order valence-electron chi connectivity index (χ4n) is 10.6. The van der Waals surface area contributed by atoms with Crippen molar-refractivity contribution in [2.24, 2.45) is 0 Å². The van der Waals surface area contributed by atoms with Crippen molar-refractivity contribution in [3.8, 4) is 50.2 Å². The van der Waals surface area contributed by atoms with E-state index in [0.29, 0.717) is 0 Å². The molecule has 0 bridgehead atoms. The largest absolute Gasteiger partial charge is 0.295 e. The summed E-state index contributed by atoms with van der Waals surface area (Å²) in [5, 5.41) is 7.76. The molecular formula is C56H34N2. The van der Waals surface area contributed by atoms with Crippen LogP contribution >= 0.6 is 0 Å². The standard InChI is InChI=1S/C56H34N2/c1-2-20-43-41(18-1)42-19-3-4-21-44(42)47-34-38(30-31-45(43)47)36-15-11-14-35(32-36)37-16-12-17-39(33-37)40-23-13-26-50-54(40)46-22-5-6-24-48(46)56(50)49-25-7-9-28-52(49)58-53-29-10-8-27-51(53)57-55(56)58/h1-34H. The zero-order valence-corrected chi connectivity index (χ0v) is 31.5. The molecule has 268 valence electrons. The lowest BCUT2D eigenvalue weighted by molar-refractivity contribution is 0.738. The van der Waals surface area contributed by atoms with Crippen LogP contribution in [0.1, 0.15) is 22.5 Å². The Balaban J connectivity index is 0.965. The second-order valence-corrected chi connectivity index (χ2v) is 15.8. The molecule has 0 N–H and O–H groups in total. The molecule has 0 saturated heterocycles. The molecule has 11 aromatic rings. The van der Waals surface area contributed by atoms with Gasteiger partial charge >= 0.3 is 0 Å². The van der Waals surface area contributed by atoms with Crippen molar-refractivity contribution in [2.45, 2.75) is 5.41 Å². The molecule has 0 radical (unpaired) electrons. The van der Waals surface area contributed by atoms with Crippen LogP contribution < -0.4 is 0 Å². The predicted molar refractivity (Wildman–Crippen MR) is 241 cm³/mol. The topological polar surface area (TPSA) is 17.8 Å². The number of para-hydroxylation sites is 3. The van der Waals surface area contributed by atoms with Gasteiger partial charge in [0.15, 0.2) is 0 Å². The summed E-state index contributed by atoms with van der Waals surface area (Å²) in [6.07, 6.45) is 0. The Hall–Kier alpha value is -7.55. The fraction of sp³-hybridized carbons (Fsp3) is 0.0179. The SMILES string of the molecule is c1cc(-c2cccc(-c3cccc4c3-c3ccccc3C43c4ccccc4-n4c3nc3ccccc34)c2)cc(-c2ccc3c4ccccc4c4ccccc4c3c2)c1. The van der Waals surface area contributed by atoms with Gasteiger partial charge in [0.05, 0.1) is 16.7 Å². The van der Waals surface area contributed by atoms with Gasteiger partial charge in [-0.25, -0.2) is 4.98 Å². The maximum atomic E-state index is 5.44. The summed E-state index contributed by atoms with van der Waals surface area (Å²) in [7, 11) is 0. The molecule has 1 spiro atoms. The third-order valence-electron chi connectivity index (χ3n) is 13.0. The molecule has 1 unspecified atom stereocenters.